The number of rotatable bonds is 9. The van der Waals surface area contributed by atoms with Crippen LogP contribution in [0, 0.1) is 5.92 Å². The van der Waals surface area contributed by atoms with Gasteiger partial charge in [-0.05, 0) is 102 Å². The van der Waals surface area contributed by atoms with Gasteiger partial charge in [0.1, 0.15) is 0 Å². The van der Waals surface area contributed by atoms with Crippen LogP contribution in [0.5, 0.6) is 0 Å². The summed E-state index contributed by atoms with van der Waals surface area (Å²) < 4.78 is 41.7. The van der Waals surface area contributed by atoms with E-state index < -0.39 is 23.6 Å². The fraction of sp³-hybridized carbons (Fsp3) is 0.343. The second kappa shape index (κ2) is 12.6. The number of likely N-dealkylation sites (tertiary alicyclic amines) is 1. The van der Waals surface area contributed by atoms with E-state index in [0.717, 1.165) is 61.4 Å². The van der Waals surface area contributed by atoms with Gasteiger partial charge in [-0.1, -0.05) is 56.3 Å². The molecule has 4 nitrogen and oxygen atoms in total. The van der Waals surface area contributed by atoms with Gasteiger partial charge in [0.05, 0.1) is 11.5 Å². The van der Waals surface area contributed by atoms with E-state index in [1.165, 1.54) is 17.7 Å². The molecule has 2 atom stereocenters. The largest absolute Gasteiger partial charge is 0.481 e. The summed E-state index contributed by atoms with van der Waals surface area (Å²) in [5, 5.41) is 10.1. The van der Waals surface area contributed by atoms with Crippen molar-refractivity contribution in [3.05, 3.63) is 114 Å². The normalized spacial score (nSPS) is 17.0. The Kier molecular flexibility index (Phi) is 8.88. The third-order valence-electron chi connectivity index (χ3n) is 8.15. The van der Waals surface area contributed by atoms with E-state index in [-0.39, 0.29) is 11.8 Å². The van der Waals surface area contributed by atoms with E-state index in [0.29, 0.717) is 17.5 Å². The summed E-state index contributed by atoms with van der Waals surface area (Å²) in [6.45, 7) is 6.63. The van der Waals surface area contributed by atoms with E-state index in [1.54, 1.807) is 0 Å². The molecule has 4 aromatic rings. The molecular weight excluding hydrogens is 537 g/mol. The minimum atomic E-state index is -4.41. The lowest BCUT2D eigenvalue weighted by Gasteiger charge is -2.33. The Labute approximate surface area is 245 Å². The zero-order valence-electron chi connectivity index (χ0n) is 24.0. The third-order valence-corrected chi connectivity index (χ3v) is 8.15. The molecule has 0 aliphatic carbocycles. The maximum atomic E-state index is 13.2. The molecular formula is C35H37F3N2O2. The first kappa shape index (κ1) is 29.6. The number of benzene rings is 3. The Morgan fingerprint density at radius 2 is 1.64 bits per heavy atom. The zero-order valence-corrected chi connectivity index (χ0v) is 24.0. The Balaban J connectivity index is 1.42. The van der Waals surface area contributed by atoms with Crippen molar-refractivity contribution in [3.63, 3.8) is 0 Å². The lowest BCUT2D eigenvalue weighted by atomic mass is 9.83. The van der Waals surface area contributed by atoms with Gasteiger partial charge in [0.2, 0.25) is 0 Å². The predicted molar refractivity (Wildman–Crippen MR) is 160 cm³/mol. The van der Waals surface area contributed by atoms with Gasteiger partial charge in [-0.3, -0.25) is 9.69 Å². The van der Waals surface area contributed by atoms with Crippen LogP contribution in [0.4, 0.5) is 13.2 Å². The molecule has 1 saturated heterocycles. The second-order valence-corrected chi connectivity index (χ2v) is 11.8. The topological polar surface area (TPSA) is 45.5 Å². The van der Waals surface area contributed by atoms with Crippen LogP contribution in [-0.4, -0.2) is 33.6 Å². The first-order chi connectivity index (χ1) is 20.1. The van der Waals surface area contributed by atoms with Gasteiger partial charge in [-0.15, -0.1) is 0 Å². The molecule has 0 bridgehead atoms. The minimum absolute atomic E-state index is 0.179. The molecule has 220 valence electrons. The van der Waals surface area contributed by atoms with E-state index >= 15 is 0 Å². The van der Waals surface area contributed by atoms with Crippen molar-refractivity contribution in [2.45, 2.75) is 57.7 Å². The highest BCUT2D eigenvalue weighted by Gasteiger charge is 2.30. The number of hydrogen-bond donors (Lipinski definition) is 1. The van der Waals surface area contributed by atoms with Gasteiger partial charge in [-0.25, -0.2) is 0 Å². The van der Waals surface area contributed by atoms with Gasteiger partial charge in [0.15, 0.2) is 0 Å². The van der Waals surface area contributed by atoms with E-state index in [4.69, 9.17) is 0 Å². The number of nitrogens with zero attached hydrogens (tertiary/aromatic N) is 2. The van der Waals surface area contributed by atoms with Crippen molar-refractivity contribution < 1.29 is 23.1 Å². The molecule has 2 unspecified atom stereocenters. The Bertz CT molecular complexity index is 1480. The molecule has 0 amide bonds. The van der Waals surface area contributed by atoms with Gasteiger partial charge < -0.3 is 9.67 Å². The number of carboxylic acids is 1. The number of aromatic nitrogens is 1. The lowest BCUT2D eigenvalue weighted by molar-refractivity contribution is -0.139. The van der Waals surface area contributed by atoms with E-state index in [9.17, 15) is 23.1 Å². The van der Waals surface area contributed by atoms with Crippen LogP contribution in [0.1, 0.15) is 67.2 Å². The molecule has 42 heavy (non-hydrogen) atoms. The number of halogens is 3. The summed E-state index contributed by atoms with van der Waals surface area (Å²) in [6.07, 6.45) is 2.11. The summed E-state index contributed by atoms with van der Waals surface area (Å²) in [5.41, 5.74) is 4.80. The zero-order chi connectivity index (χ0) is 29.9. The van der Waals surface area contributed by atoms with Crippen LogP contribution < -0.4 is 0 Å². The van der Waals surface area contributed by atoms with Crippen LogP contribution in [-0.2, 0) is 17.5 Å². The van der Waals surface area contributed by atoms with Crippen molar-refractivity contribution in [2.24, 2.45) is 5.92 Å². The smallest absolute Gasteiger partial charge is 0.416 e. The molecule has 2 heterocycles. The molecule has 3 aromatic carbocycles. The number of carboxylic acid groups (broad SMARTS) is 1. The number of piperidine rings is 1. The lowest BCUT2D eigenvalue weighted by Crippen LogP contribution is -2.34. The van der Waals surface area contributed by atoms with Crippen LogP contribution >= 0.6 is 0 Å². The van der Waals surface area contributed by atoms with Crippen molar-refractivity contribution in [3.8, 4) is 16.8 Å². The third kappa shape index (κ3) is 7.13. The minimum Gasteiger partial charge on any atom is -0.481 e. The van der Waals surface area contributed by atoms with E-state index in [1.807, 2.05) is 56.6 Å². The fourth-order valence-electron chi connectivity index (χ4n) is 5.99. The van der Waals surface area contributed by atoms with Crippen LogP contribution in [0.3, 0.4) is 0 Å². The van der Waals surface area contributed by atoms with Crippen molar-refractivity contribution in [1.29, 1.82) is 0 Å². The molecule has 0 saturated carbocycles. The summed E-state index contributed by atoms with van der Waals surface area (Å²) >= 11 is 0. The second-order valence-electron chi connectivity index (χ2n) is 11.8. The van der Waals surface area contributed by atoms with Crippen LogP contribution in [0.25, 0.3) is 16.8 Å². The molecule has 1 fully saturated rings. The average molecular weight is 575 g/mol. The molecule has 1 aromatic heterocycles. The molecule has 0 spiro atoms. The SMILES string of the molecule is CC(C)CC(C(=O)O)c1cc(-c2ccc(C(F)(F)F)cc2)cc(C2CCCN(Cc3ccc(-n4cccc4)cc3)C2)c1. The molecule has 5 rings (SSSR count). The number of aliphatic carboxylic acids is 1. The maximum absolute atomic E-state index is 13.2. The van der Waals surface area contributed by atoms with Gasteiger partial charge in [-0.2, -0.15) is 13.2 Å². The molecule has 1 aliphatic rings. The van der Waals surface area contributed by atoms with Gasteiger partial charge in [0.25, 0.3) is 0 Å². The van der Waals surface area contributed by atoms with Crippen LogP contribution in [0.2, 0.25) is 0 Å². The Hall–Kier alpha value is -3.84. The predicted octanol–water partition coefficient (Wildman–Crippen LogP) is 8.76. The highest BCUT2D eigenvalue weighted by molar-refractivity contribution is 5.78. The first-order valence-corrected chi connectivity index (χ1v) is 14.6. The molecule has 0 radical (unpaired) electrons. The summed E-state index contributed by atoms with van der Waals surface area (Å²) in [6, 6.07) is 23.6. The molecule has 1 aliphatic heterocycles. The highest BCUT2D eigenvalue weighted by atomic mass is 19.4. The van der Waals surface area contributed by atoms with Gasteiger partial charge in [0, 0.05) is 31.2 Å². The summed E-state index contributed by atoms with van der Waals surface area (Å²) in [4.78, 5) is 14.8. The van der Waals surface area contributed by atoms with Crippen LogP contribution in [0.15, 0.2) is 91.3 Å². The summed E-state index contributed by atoms with van der Waals surface area (Å²) in [5.74, 6) is -1.19. The van der Waals surface area contributed by atoms with Crippen molar-refractivity contribution >= 4 is 5.97 Å². The monoisotopic (exact) mass is 574 g/mol. The summed E-state index contributed by atoms with van der Waals surface area (Å²) in [7, 11) is 0. The first-order valence-electron chi connectivity index (χ1n) is 14.6. The van der Waals surface area contributed by atoms with Gasteiger partial charge >= 0.3 is 12.1 Å². The quantitative estimate of drug-likeness (QED) is 0.217. The fourth-order valence-corrected chi connectivity index (χ4v) is 5.99. The molecule has 1 N–H and O–H groups in total. The highest BCUT2D eigenvalue weighted by Crippen LogP contribution is 2.37. The number of alkyl halides is 3. The Morgan fingerprint density at radius 3 is 2.26 bits per heavy atom. The van der Waals surface area contributed by atoms with Crippen molar-refractivity contribution in [2.75, 3.05) is 13.1 Å². The van der Waals surface area contributed by atoms with Crippen molar-refractivity contribution in [1.82, 2.24) is 9.47 Å². The van der Waals surface area contributed by atoms with E-state index in [2.05, 4.69) is 33.7 Å². The number of carbonyl (C=O) groups is 1. The maximum Gasteiger partial charge on any atom is 0.416 e. The Morgan fingerprint density at radius 1 is 0.952 bits per heavy atom. The number of hydrogen-bond acceptors (Lipinski definition) is 2. The average Bonchev–Trinajstić information content (AvgIpc) is 3.51. The standard InChI is InChI=1S/C35H37F3N2O2/c1-24(2)18-33(34(41)42)30-20-28(26-9-11-31(12-10-26)35(36,37)38)19-29(21-30)27-6-5-15-39(23-27)22-25-7-13-32(14-8-25)40-16-3-4-17-40/h3-4,7-14,16-17,19-21,24,27,33H,5-6,15,18,22-23H2,1-2H3,(H,41,42). The molecule has 7 heteroatoms.